The second-order valence-electron chi connectivity index (χ2n) is 5.88. The highest BCUT2D eigenvalue weighted by Gasteiger charge is 2.22. The summed E-state index contributed by atoms with van der Waals surface area (Å²) in [6, 6.07) is 7.12. The van der Waals surface area contributed by atoms with Crippen molar-refractivity contribution in [3.63, 3.8) is 0 Å². The summed E-state index contributed by atoms with van der Waals surface area (Å²) < 4.78 is 10.3. The molecule has 0 radical (unpaired) electrons. The van der Waals surface area contributed by atoms with Gasteiger partial charge in [-0.1, -0.05) is 12.1 Å². The molecule has 1 heterocycles. The van der Waals surface area contributed by atoms with Crippen molar-refractivity contribution in [2.24, 2.45) is 5.10 Å². The van der Waals surface area contributed by atoms with E-state index >= 15 is 0 Å². The van der Waals surface area contributed by atoms with Crippen LogP contribution in [0.3, 0.4) is 0 Å². The molecule has 2 aromatic rings. The molecule has 1 aliphatic rings. The van der Waals surface area contributed by atoms with Crippen molar-refractivity contribution >= 4 is 23.5 Å². The minimum Gasteiger partial charge on any atom is -0.454 e. The Labute approximate surface area is 157 Å². The van der Waals surface area contributed by atoms with Crippen molar-refractivity contribution in [1.29, 1.82) is 0 Å². The fraction of sp³-hybridized carbons (Fsp3) is 0.176. The quantitative estimate of drug-likeness (QED) is 0.455. The number of carbonyl (C=O) groups excluding carboxylic acids is 1. The molecule has 1 N–H and O–H groups in total. The fourth-order valence-corrected chi connectivity index (χ4v) is 2.59. The fourth-order valence-electron chi connectivity index (χ4n) is 2.59. The number of aryl methyl sites for hydroxylation is 1. The zero-order chi connectivity index (χ0) is 20.3. The summed E-state index contributed by atoms with van der Waals surface area (Å²) >= 11 is 0. The molecule has 0 aromatic heterocycles. The van der Waals surface area contributed by atoms with Crippen LogP contribution in [0.4, 0.5) is 11.4 Å². The summed E-state index contributed by atoms with van der Waals surface area (Å²) in [5, 5.41) is 26.0. The van der Waals surface area contributed by atoms with E-state index in [0.717, 1.165) is 6.21 Å². The number of nitrogens with zero attached hydrogens (tertiary/aromatic N) is 3. The third kappa shape index (κ3) is 4.03. The van der Waals surface area contributed by atoms with Gasteiger partial charge < -0.3 is 9.47 Å². The number of rotatable bonds is 6. The Bertz CT molecular complexity index is 1000. The Morgan fingerprint density at radius 1 is 1.14 bits per heavy atom. The average molecular weight is 386 g/mol. The number of carbonyl (C=O) groups is 1. The van der Waals surface area contributed by atoms with Crippen LogP contribution in [-0.2, 0) is 11.2 Å². The smallest absolute Gasteiger partial charge is 0.282 e. The Balaban J connectivity index is 1.73. The molecule has 0 atom stereocenters. The number of fused-ring (bicyclic) bond motifs is 1. The monoisotopic (exact) mass is 386 g/mol. The van der Waals surface area contributed by atoms with Crippen LogP contribution in [0.5, 0.6) is 11.5 Å². The molecule has 144 valence electrons. The number of nitro benzene ring substituents is 2. The number of amides is 1. The van der Waals surface area contributed by atoms with E-state index in [9.17, 15) is 25.0 Å². The normalized spacial score (nSPS) is 12.2. The van der Waals surface area contributed by atoms with Crippen LogP contribution in [0.1, 0.15) is 16.7 Å². The highest BCUT2D eigenvalue weighted by molar-refractivity contribution is 5.88. The summed E-state index contributed by atoms with van der Waals surface area (Å²) in [5.41, 5.74) is 2.82. The van der Waals surface area contributed by atoms with Gasteiger partial charge in [-0.2, -0.15) is 5.10 Å². The number of ether oxygens (including phenoxy) is 2. The zero-order valence-electron chi connectivity index (χ0n) is 14.6. The van der Waals surface area contributed by atoms with Crippen molar-refractivity contribution in [2.75, 3.05) is 6.79 Å². The first-order chi connectivity index (χ1) is 13.3. The van der Waals surface area contributed by atoms with Gasteiger partial charge >= 0.3 is 0 Å². The van der Waals surface area contributed by atoms with Gasteiger partial charge in [0.2, 0.25) is 12.7 Å². The molecule has 0 spiro atoms. The molecule has 0 bridgehead atoms. The van der Waals surface area contributed by atoms with Crippen LogP contribution >= 0.6 is 0 Å². The Hall–Kier alpha value is -4.02. The molecule has 1 aliphatic heterocycles. The van der Waals surface area contributed by atoms with E-state index in [2.05, 4.69) is 10.5 Å². The SMILES string of the molecule is Cc1ccc(CC(=O)N/N=C\c2cc3c(cc2[N+](=O)[O-])OCO3)c([N+](=O)[O-])c1. The maximum atomic E-state index is 12.0. The highest BCUT2D eigenvalue weighted by atomic mass is 16.7. The summed E-state index contributed by atoms with van der Waals surface area (Å²) in [6.07, 6.45) is 0.832. The number of hydrogen-bond donors (Lipinski definition) is 1. The predicted octanol–water partition coefficient (Wildman–Crippen LogP) is 2.23. The van der Waals surface area contributed by atoms with Gasteiger partial charge in [0.15, 0.2) is 11.5 Å². The summed E-state index contributed by atoms with van der Waals surface area (Å²) in [4.78, 5) is 33.2. The van der Waals surface area contributed by atoms with E-state index in [-0.39, 0.29) is 41.5 Å². The highest BCUT2D eigenvalue weighted by Crippen LogP contribution is 2.37. The lowest BCUT2D eigenvalue weighted by Gasteiger charge is -2.04. The van der Waals surface area contributed by atoms with E-state index in [1.54, 1.807) is 13.0 Å². The number of hydrogen-bond acceptors (Lipinski definition) is 8. The van der Waals surface area contributed by atoms with Crippen LogP contribution in [-0.4, -0.2) is 28.8 Å². The molecule has 28 heavy (non-hydrogen) atoms. The molecule has 2 aromatic carbocycles. The molecule has 0 saturated carbocycles. The second-order valence-corrected chi connectivity index (χ2v) is 5.88. The number of benzene rings is 2. The van der Waals surface area contributed by atoms with Gasteiger partial charge in [-0.25, -0.2) is 5.43 Å². The van der Waals surface area contributed by atoms with Gasteiger partial charge in [0.25, 0.3) is 11.4 Å². The largest absolute Gasteiger partial charge is 0.454 e. The standard InChI is InChI=1S/C17H14N4O7/c1-10-2-3-11(13(4-10)20(23)24)6-17(22)19-18-8-12-5-15-16(28-9-27-15)7-14(12)21(25)26/h2-5,7-8H,6,9H2,1H3,(H,19,22)/b18-8-. The first kappa shape index (κ1) is 18.8. The topological polar surface area (TPSA) is 146 Å². The van der Waals surface area contributed by atoms with Crippen LogP contribution in [0.25, 0.3) is 0 Å². The Kier molecular flexibility index (Phi) is 5.16. The molecule has 3 rings (SSSR count). The minimum atomic E-state index is -0.610. The molecule has 0 aliphatic carbocycles. The van der Waals surface area contributed by atoms with E-state index in [1.165, 1.54) is 24.3 Å². The Morgan fingerprint density at radius 2 is 1.82 bits per heavy atom. The summed E-state index contributed by atoms with van der Waals surface area (Å²) in [5.74, 6) is -0.0279. The van der Waals surface area contributed by atoms with Gasteiger partial charge in [0.1, 0.15) is 0 Å². The van der Waals surface area contributed by atoms with E-state index in [1.807, 2.05) is 0 Å². The van der Waals surface area contributed by atoms with Crippen LogP contribution in [0, 0.1) is 27.2 Å². The number of nitro groups is 2. The van der Waals surface area contributed by atoms with Crippen molar-refractivity contribution in [3.05, 3.63) is 67.3 Å². The number of nitrogens with one attached hydrogen (secondary N) is 1. The van der Waals surface area contributed by atoms with E-state index < -0.39 is 15.8 Å². The molecule has 0 unspecified atom stereocenters. The van der Waals surface area contributed by atoms with E-state index in [0.29, 0.717) is 11.3 Å². The van der Waals surface area contributed by atoms with Crippen molar-refractivity contribution in [2.45, 2.75) is 13.3 Å². The zero-order valence-corrected chi connectivity index (χ0v) is 14.6. The predicted molar refractivity (Wildman–Crippen MR) is 96.5 cm³/mol. The van der Waals surface area contributed by atoms with Crippen molar-refractivity contribution in [3.8, 4) is 11.5 Å². The first-order valence-electron chi connectivity index (χ1n) is 7.99. The summed E-state index contributed by atoms with van der Waals surface area (Å²) in [6.45, 7) is 1.67. The average Bonchev–Trinajstić information content (AvgIpc) is 3.09. The second kappa shape index (κ2) is 7.70. The third-order valence-electron chi connectivity index (χ3n) is 3.90. The van der Waals surface area contributed by atoms with Gasteiger partial charge in [-0.15, -0.1) is 0 Å². The van der Waals surface area contributed by atoms with Gasteiger partial charge in [0.05, 0.1) is 34.1 Å². The molecule has 0 saturated heterocycles. The van der Waals surface area contributed by atoms with Crippen molar-refractivity contribution in [1.82, 2.24) is 5.43 Å². The molecular formula is C17H14N4O7. The molecule has 11 nitrogen and oxygen atoms in total. The third-order valence-corrected chi connectivity index (χ3v) is 3.90. The van der Waals surface area contributed by atoms with Crippen molar-refractivity contribution < 1.29 is 24.1 Å². The maximum absolute atomic E-state index is 12.0. The molecule has 1 amide bonds. The van der Waals surface area contributed by atoms with Crippen LogP contribution in [0.15, 0.2) is 35.4 Å². The van der Waals surface area contributed by atoms with Crippen LogP contribution in [0.2, 0.25) is 0 Å². The maximum Gasteiger partial charge on any atom is 0.282 e. The minimum absolute atomic E-state index is 0.0425. The van der Waals surface area contributed by atoms with Gasteiger partial charge in [-0.05, 0) is 18.6 Å². The lowest BCUT2D eigenvalue weighted by molar-refractivity contribution is -0.385. The van der Waals surface area contributed by atoms with E-state index in [4.69, 9.17) is 9.47 Å². The molecule has 11 heteroatoms. The first-order valence-corrected chi connectivity index (χ1v) is 7.99. The lowest BCUT2D eigenvalue weighted by Crippen LogP contribution is -2.20. The summed E-state index contributed by atoms with van der Waals surface area (Å²) in [7, 11) is 0. The molecule has 0 fully saturated rings. The Morgan fingerprint density at radius 3 is 2.50 bits per heavy atom. The molecular weight excluding hydrogens is 372 g/mol. The van der Waals surface area contributed by atoms with Gasteiger partial charge in [-0.3, -0.25) is 25.0 Å². The lowest BCUT2D eigenvalue weighted by atomic mass is 10.1. The van der Waals surface area contributed by atoms with Gasteiger partial charge in [0, 0.05) is 11.6 Å². The number of hydrazone groups is 1. The van der Waals surface area contributed by atoms with Crippen LogP contribution < -0.4 is 14.9 Å².